The molecule has 2 aromatic carbocycles. The molecule has 4 rings (SSSR count). The van der Waals surface area contributed by atoms with Gasteiger partial charge >= 0.3 is 0 Å². The standard InChI is InChI=1S/C23H23FN2O4/c1-26(19-11-6-12-20(22(19)27)29-17-9-3-2-4-10-17)23(28)21-14-18(25-30-21)15-7-5-8-16(24)13-15/h2-5,7-10,13-14,19-20,22,27H,6,11-12H2,1H3/t19-,20-,22-/m1/s1. The van der Waals surface area contributed by atoms with Crippen LogP contribution >= 0.6 is 0 Å². The maximum atomic E-state index is 13.5. The number of likely N-dealkylation sites (N-methyl/N-ethyl adjacent to an activating group) is 1. The van der Waals surface area contributed by atoms with E-state index >= 15 is 0 Å². The minimum atomic E-state index is -0.835. The summed E-state index contributed by atoms with van der Waals surface area (Å²) in [7, 11) is 1.63. The Hall–Kier alpha value is -3.19. The lowest BCUT2D eigenvalue weighted by Gasteiger charge is -2.39. The van der Waals surface area contributed by atoms with Gasteiger partial charge in [-0.2, -0.15) is 0 Å². The van der Waals surface area contributed by atoms with Crippen molar-refractivity contribution >= 4 is 5.91 Å². The van der Waals surface area contributed by atoms with Crippen LogP contribution in [0, 0.1) is 5.82 Å². The van der Waals surface area contributed by atoms with Crippen LogP contribution in [0.25, 0.3) is 11.3 Å². The van der Waals surface area contributed by atoms with Gasteiger partial charge in [-0.05, 0) is 43.5 Å². The number of hydrogen-bond acceptors (Lipinski definition) is 5. The maximum Gasteiger partial charge on any atom is 0.292 e. The smallest absolute Gasteiger partial charge is 0.292 e. The average molecular weight is 410 g/mol. The molecule has 0 unspecified atom stereocenters. The molecule has 1 aromatic heterocycles. The SMILES string of the molecule is CN(C(=O)c1cc(-c2cccc(F)c2)no1)[C@@H]1CCC[C@@H](Oc2ccccc2)[C@@H]1O. The second kappa shape index (κ2) is 8.67. The van der Waals surface area contributed by atoms with Crippen molar-refractivity contribution in [3.63, 3.8) is 0 Å². The zero-order valence-corrected chi connectivity index (χ0v) is 16.6. The summed E-state index contributed by atoms with van der Waals surface area (Å²) >= 11 is 0. The monoisotopic (exact) mass is 410 g/mol. The van der Waals surface area contributed by atoms with Gasteiger partial charge in [0.15, 0.2) is 0 Å². The molecule has 1 saturated carbocycles. The first kappa shape index (κ1) is 20.1. The molecule has 1 aliphatic carbocycles. The number of ether oxygens (including phenoxy) is 1. The highest BCUT2D eigenvalue weighted by molar-refractivity contribution is 5.92. The molecular weight excluding hydrogens is 387 g/mol. The number of aliphatic hydroxyl groups excluding tert-OH is 1. The average Bonchev–Trinajstić information content (AvgIpc) is 3.25. The van der Waals surface area contributed by atoms with Crippen molar-refractivity contribution in [2.24, 2.45) is 0 Å². The first-order valence-corrected chi connectivity index (χ1v) is 9.92. The molecule has 0 bridgehead atoms. The molecule has 1 heterocycles. The molecule has 0 aliphatic heterocycles. The molecule has 0 radical (unpaired) electrons. The zero-order chi connectivity index (χ0) is 21.1. The van der Waals surface area contributed by atoms with Gasteiger partial charge in [-0.15, -0.1) is 0 Å². The highest BCUT2D eigenvalue weighted by Gasteiger charge is 2.38. The fraction of sp³-hybridized carbons (Fsp3) is 0.304. The first-order chi connectivity index (χ1) is 14.5. The summed E-state index contributed by atoms with van der Waals surface area (Å²) in [6.07, 6.45) is 0.947. The summed E-state index contributed by atoms with van der Waals surface area (Å²) in [5.74, 6) is -0.0638. The van der Waals surface area contributed by atoms with E-state index in [1.807, 2.05) is 30.3 Å². The van der Waals surface area contributed by atoms with Gasteiger partial charge in [-0.25, -0.2) is 4.39 Å². The van der Waals surface area contributed by atoms with E-state index in [-0.39, 0.29) is 5.76 Å². The Bertz CT molecular complexity index is 1010. The Morgan fingerprint density at radius 1 is 1.17 bits per heavy atom. The number of amides is 1. The van der Waals surface area contributed by atoms with E-state index in [4.69, 9.17) is 9.26 Å². The molecule has 7 heteroatoms. The van der Waals surface area contributed by atoms with Crippen molar-refractivity contribution in [1.82, 2.24) is 10.1 Å². The number of para-hydroxylation sites is 1. The van der Waals surface area contributed by atoms with Crippen molar-refractivity contribution in [1.29, 1.82) is 0 Å². The van der Waals surface area contributed by atoms with E-state index in [0.717, 1.165) is 6.42 Å². The maximum absolute atomic E-state index is 13.5. The summed E-state index contributed by atoms with van der Waals surface area (Å²) in [6, 6.07) is 16.3. The van der Waals surface area contributed by atoms with E-state index in [0.29, 0.717) is 29.8 Å². The predicted molar refractivity (Wildman–Crippen MR) is 108 cm³/mol. The second-order valence-electron chi connectivity index (χ2n) is 7.46. The molecule has 30 heavy (non-hydrogen) atoms. The summed E-state index contributed by atoms with van der Waals surface area (Å²) in [5.41, 5.74) is 0.898. The molecule has 3 aromatic rings. The van der Waals surface area contributed by atoms with Gasteiger partial charge in [0.2, 0.25) is 5.76 Å². The van der Waals surface area contributed by atoms with Crippen molar-refractivity contribution in [2.45, 2.75) is 37.5 Å². The van der Waals surface area contributed by atoms with Gasteiger partial charge in [0, 0.05) is 18.7 Å². The predicted octanol–water partition coefficient (Wildman–Crippen LogP) is 3.91. The van der Waals surface area contributed by atoms with Gasteiger partial charge in [0.05, 0.1) is 6.04 Å². The summed E-state index contributed by atoms with van der Waals surface area (Å²) in [5, 5.41) is 14.8. The molecule has 156 valence electrons. The Kier molecular flexibility index (Phi) is 5.81. The first-order valence-electron chi connectivity index (χ1n) is 9.92. The number of carbonyl (C=O) groups excluding carboxylic acids is 1. The molecule has 1 fully saturated rings. The molecule has 3 atom stereocenters. The molecule has 1 aliphatic rings. The second-order valence-corrected chi connectivity index (χ2v) is 7.46. The number of aliphatic hydroxyl groups is 1. The van der Waals surface area contributed by atoms with Crippen molar-refractivity contribution in [2.75, 3.05) is 7.05 Å². The van der Waals surface area contributed by atoms with Crippen LogP contribution in [-0.2, 0) is 0 Å². The number of rotatable bonds is 5. The van der Waals surface area contributed by atoms with E-state index in [9.17, 15) is 14.3 Å². The number of benzene rings is 2. The quantitative estimate of drug-likeness (QED) is 0.690. The van der Waals surface area contributed by atoms with Crippen LogP contribution in [0.3, 0.4) is 0 Å². The van der Waals surface area contributed by atoms with E-state index in [2.05, 4.69) is 5.16 Å². The third-order valence-electron chi connectivity index (χ3n) is 5.45. The Labute approximate surface area is 173 Å². The van der Waals surface area contributed by atoms with Gasteiger partial charge in [-0.1, -0.05) is 35.5 Å². The highest BCUT2D eigenvalue weighted by atomic mass is 19.1. The van der Waals surface area contributed by atoms with Crippen LogP contribution in [0.4, 0.5) is 4.39 Å². The molecule has 1 amide bonds. The third-order valence-corrected chi connectivity index (χ3v) is 5.45. The zero-order valence-electron chi connectivity index (χ0n) is 16.6. The number of carbonyl (C=O) groups is 1. The van der Waals surface area contributed by atoms with Crippen LogP contribution in [-0.4, -0.2) is 46.4 Å². The summed E-state index contributed by atoms with van der Waals surface area (Å²) < 4.78 is 24.6. The van der Waals surface area contributed by atoms with Crippen LogP contribution in [0.5, 0.6) is 5.75 Å². The Morgan fingerprint density at radius 3 is 2.73 bits per heavy atom. The lowest BCUT2D eigenvalue weighted by molar-refractivity contribution is -0.0419. The third kappa shape index (κ3) is 4.21. The van der Waals surface area contributed by atoms with Crippen LogP contribution in [0.2, 0.25) is 0 Å². The minimum absolute atomic E-state index is 0.0371. The van der Waals surface area contributed by atoms with E-state index in [1.165, 1.54) is 23.1 Å². The highest BCUT2D eigenvalue weighted by Crippen LogP contribution is 2.28. The van der Waals surface area contributed by atoms with Crippen LogP contribution < -0.4 is 4.74 Å². The van der Waals surface area contributed by atoms with Gasteiger partial charge in [0.25, 0.3) is 5.91 Å². The molecule has 6 nitrogen and oxygen atoms in total. The van der Waals surface area contributed by atoms with Gasteiger partial charge in [0.1, 0.15) is 29.5 Å². The van der Waals surface area contributed by atoms with Crippen molar-refractivity contribution < 1.29 is 23.6 Å². The van der Waals surface area contributed by atoms with Crippen LogP contribution in [0.1, 0.15) is 29.8 Å². The lowest BCUT2D eigenvalue weighted by atomic mass is 9.88. The fourth-order valence-electron chi connectivity index (χ4n) is 3.83. The Morgan fingerprint density at radius 2 is 1.97 bits per heavy atom. The number of hydrogen-bond donors (Lipinski definition) is 1. The Balaban J connectivity index is 1.47. The molecule has 0 saturated heterocycles. The number of aromatic nitrogens is 1. The normalized spacial score (nSPS) is 21.2. The molecule has 0 spiro atoms. The van der Waals surface area contributed by atoms with Crippen molar-refractivity contribution in [3.05, 3.63) is 72.2 Å². The van der Waals surface area contributed by atoms with Gasteiger partial charge in [-0.3, -0.25) is 4.79 Å². The van der Waals surface area contributed by atoms with E-state index < -0.39 is 30.0 Å². The van der Waals surface area contributed by atoms with E-state index in [1.54, 1.807) is 19.2 Å². The molecular formula is C23H23FN2O4. The minimum Gasteiger partial charge on any atom is -0.488 e. The lowest BCUT2D eigenvalue weighted by Crippen LogP contribution is -2.53. The largest absolute Gasteiger partial charge is 0.488 e. The number of halogens is 1. The molecule has 1 N–H and O–H groups in total. The topological polar surface area (TPSA) is 75.8 Å². The van der Waals surface area contributed by atoms with Gasteiger partial charge < -0.3 is 19.3 Å². The summed E-state index contributed by atoms with van der Waals surface area (Å²) in [6.45, 7) is 0. The van der Waals surface area contributed by atoms with Crippen molar-refractivity contribution in [3.8, 4) is 17.0 Å². The van der Waals surface area contributed by atoms with Crippen LogP contribution in [0.15, 0.2) is 65.2 Å². The summed E-state index contributed by atoms with van der Waals surface area (Å²) in [4.78, 5) is 14.4. The number of nitrogens with zero attached hydrogens (tertiary/aromatic N) is 2. The fourth-order valence-corrected chi connectivity index (χ4v) is 3.83.